The van der Waals surface area contributed by atoms with Crippen LogP contribution in [-0.2, 0) is 4.79 Å². The highest BCUT2D eigenvalue weighted by atomic mass is 16.2. The largest absolute Gasteiger partial charge is 0.364 e. The van der Waals surface area contributed by atoms with Crippen LogP contribution in [0.2, 0.25) is 0 Å². The number of nitrogens with zero attached hydrogens (tertiary/aromatic N) is 3. The number of nitrogens with one attached hydrogen (secondary N) is 1. The van der Waals surface area contributed by atoms with E-state index in [0.29, 0.717) is 18.4 Å². The second-order valence-electron chi connectivity index (χ2n) is 5.28. The Kier molecular flexibility index (Phi) is 3.79. The smallest absolute Gasteiger partial charge is 0.222 e. The first-order chi connectivity index (χ1) is 8.54. The highest BCUT2D eigenvalue weighted by Gasteiger charge is 2.30. The minimum Gasteiger partial charge on any atom is -0.364 e. The molecule has 0 aromatic carbocycles. The van der Waals surface area contributed by atoms with Crippen LogP contribution in [0.15, 0.2) is 12.4 Å². The first-order valence-electron chi connectivity index (χ1n) is 6.37. The van der Waals surface area contributed by atoms with Gasteiger partial charge in [-0.05, 0) is 12.8 Å². The Bertz CT molecular complexity index is 427. The molecule has 2 heterocycles. The van der Waals surface area contributed by atoms with Crippen molar-refractivity contribution in [3.8, 4) is 0 Å². The van der Waals surface area contributed by atoms with E-state index in [2.05, 4.69) is 29.1 Å². The Morgan fingerprint density at radius 3 is 2.83 bits per heavy atom. The van der Waals surface area contributed by atoms with Gasteiger partial charge in [0.25, 0.3) is 0 Å². The van der Waals surface area contributed by atoms with Gasteiger partial charge in [-0.15, -0.1) is 0 Å². The summed E-state index contributed by atoms with van der Waals surface area (Å²) in [5.74, 6) is 1.51. The van der Waals surface area contributed by atoms with Crippen molar-refractivity contribution in [2.75, 3.05) is 18.4 Å². The molecular weight excluding hydrogens is 228 g/mol. The number of aromatic nitrogens is 2. The van der Waals surface area contributed by atoms with Crippen molar-refractivity contribution in [2.24, 2.45) is 5.92 Å². The summed E-state index contributed by atoms with van der Waals surface area (Å²) < 4.78 is 0. The summed E-state index contributed by atoms with van der Waals surface area (Å²) in [5, 5.41) is 3.31. The van der Waals surface area contributed by atoms with Crippen molar-refractivity contribution in [1.29, 1.82) is 0 Å². The van der Waals surface area contributed by atoms with Gasteiger partial charge in [0.15, 0.2) is 0 Å². The van der Waals surface area contributed by atoms with Crippen LogP contribution < -0.4 is 5.32 Å². The van der Waals surface area contributed by atoms with Crippen molar-refractivity contribution in [1.82, 2.24) is 14.9 Å². The van der Waals surface area contributed by atoms with Crippen LogP contribution >= 0.6 is 0 Å². The van der Waals surface area contributed by atoms with E-state index in [0.717, 1.165) is 24.6 Å². The van der Waals surface area contributed by atoms with E-state index in [-0.39, 0.29) is 5.91 Å². The number of hydrogen-bond donors (Lipinski definition) is 1. The lowest BCUT2D eigenvalue weighted by molar-refractivity contribution is -0.135. The third kappa shape index (κ3) is 3.18. The second-order valence-corrected chi connectivity index (χ2v) is 5.28. The molecule has 0 aliphatic carbocycles. The van der Waals surface area contributed by atoms with Gasteiger partial charge < -0.3 is 10.2 Å². The molecule has 0 bridgehead atoms. The van der Waals surface area contributed by atoms with Crippen LogP contribution in [-0.4, -0.2) is 39.9 Å². The number of rotatable bonds is 4. The zero-order valence-electron chi connectivity index (χ0n) is 11.2. The number of carbonyl (C=O) groups is 1. The Morgan fingerprint density at radius 2 is 2.22 bits per heavy atom. The molecule has 0 radical (unpaired) electrons. The SMILES string of the molecule is Cc1cc(NC2CN(C(=O)CC(C)C)C2)ncn1. The molecule has 1 fully saturated rings. The second kappa shape index (κ2) is 5.33. The first-order valence-corrected chi connectivity index (χ1v) is 6.37. The third-order valence-corrected chi connectivity index (χ3v) is 2.97. The summed E-state index contributed by atoms with van der Waals surface area (Å²) in [5.41, 5.74) is 0.944. The number of amides is 1. The van der Waals surface area contributed by atoms with Crippen LogP contribution in [0.3, 0.4) is 0 Å². The highest BCUT2D eigenvalue weighted by Crippen LogP contribution is 2.16. The van der Waals surface area contributed by atoms with Crippen LogP contribution in [0.25, 0.3) is 0 Å². The van der Waals surface area contributed by atoms with Crippen molar-refractivity contribution in [3.63, 3.8) is 0 Å². The Morgan fingerprint density at radius 1 is 1.50 bits per heavy atom. The fourth-order valence-electron chi connectivity index (χ4n) is 1.99. The molecule has 2 rings (SSSR count). The Hall–Kier alpha value is -1.65. The Labute approximate surface area is 108 Å². The fraction of sp³-hybridized carbons (Fsp3) is 0.615. The van der Waals surface area contributed by atoms with Crippen molar-refractivity contribution >= 4 is 11.7 Å². The summed E-state index contributed by atoms with van der Waals surface area (Å²) in [6.45, 7) is 7.61. The third-order valence-electron chi connectivity index (χ3n) is 2.97. The van der Waals surface area contributed by atoms with Crippen molar-refractivity contribution < 1.29 is 4.79 Å². The maximum absolute atomic E-state index is 11.8. The quantitative estimate of drug-likeness (QED) is 0.876. The molecule has 98 valence electrons. The van der Waals surface area contributed by atoms with Crippen LogP contribution in [0.4, 0.5) is 5.82 Å². The van der Waals surface area contributed by atoms with Crippen molar-refractivity contribution in [3.05, 3.63) is 18.1 Å². The van der Waals surface area contributed by atoms with Crippen LogP contribution in [0, 0.1) is 12.8 Å². The average molecular weight is 248 g/mol. The van der Waals surface area contributed by atoms with E-state index in [1.807, 2.05) is 17.9 Å². The van der Waals surface area contributed by atoms with E-state index >= 15 is 0 Å². The number of anilines is 1. The van der Waals surface area contributed by atoms with E-state index in [9.17, 15) is 4.79 Å². The number of likely N-dealkylation sites (tertiary alicyclic amines) is 1. The summed E-state index contributed by atoms with van der Waals surface area (Å²) >= 11 is 0. The summed E-state index contributed by atoms with van der Waals surface area (Å²) in [6, 6.07) is 2.23. The maximum atomic E-state index is 11.8. The minimum atomic E-state index is 0.252. The van der Waals surface area contributed by atoms with Gasteiger partial charge in [-0.25, -0.2) is 9.97 Å². The molecule has 5 nitrogen and oxygen atoms in total. The topological polar surface area (TPSA) is 58.1 Å². The lowest BCUT2D eigenvalue weighted by Crippen LogP contribution is -2.57. The number of hydrogen-bond acceptors (Lipinski definition) is 4. The molecule has 1 aliphatic heterocycles. The summed E-state index contributed by atoms with van der Waals surface area (Å²) in [4.78, 5) is 21.9. The molecule has 0 unspecified atom stereocenters. The molecule has 0 atom stereocenters. The molecule has 18 heavy (non-hydrogen) atoms. The molecule has 0 spiro atoms. The van der Waals surface area contributed by atoms with Gasteiger partial charge in [0.05, 0.1) is 6.04 Å². The maximum Gasteiger partial charge on any atom is 0.222 e. The molecule has 1 aliphatic rings. The van der Waals surface area contributed by atoms with Crippen molar-refractivity contribution in [2.45, 2.75) is 33.2 Å². The fourth-order valence-corrected chi connectivity index (χ4v) is 1.99. The van der Waals surface area contributed by atoms with Gasteiger partial charge in [-0.2, -0.15) is 0 Å². The van der Waals surface area contributed by atoms with Crippen LogP contribution in [0.1, 0.15) is 26.0 Å². The zero-order chi connectivity index (χ0) is 13.1. The average Bonchev–Trinajstić information content (AvgIpc) is 2.21. The monoisotopic (exact) mass is 248 g/mol. The van der Waals surface area contributed by atoms with E-state index < -0.39 is 0 Å². The number of aryl methyl sites for hydroxylation is 1. The molecule has 1 amide bonds. The van der Waals surface area contributed by atoms with E-state index in [1.165, 1.54) is 0 Å². The first kappa shape index (κ1) is 12.8. The molecule has 0 saturated carbocycles. The standard InChI is InChI=1S/C13H20N4O/c1-9(2)4-13(18)17-6-11(7-17)16-12-5-10(3)14-8-15-12/h5,8-9,11H,4,6-7H2,1-3H3,(H,14,15,16). The molecule has 5 heteroatoms. The van der Waals surface area contributed by atoms with Gasteiger partial charge in [0.2, 0.25) is 5.91 Å². The molecule has 1 N–H and O–H groups in total. The minimum absolute atomic E-state index is 0.252. The zero-order valence-corrected chi connectivity index (χ0v) is 11.2. The summed E-state index contributed by atoms with van der Waals surface area (Å²) in [7, 11) is 0. The molecular formula is C13H20N4O. The lowest BCUT2D eigenvalue weighted by Gasteiger charge is -2.40. The van der Waals surface area contributed by atoms with Crippen LogP contribution in [0.5, 0.6) is 0 Å². The number of carbonyl (C=O) groups excluding carboxylic acids is 1. The van der Waals surface area contributed by atoms with Gasteiger partial charge in [-0.1, -0.05) is 13.8 Å². The highest BCUT2D eigenvalue weighted by molar-refractivity contribution is 5.77. The lowest BCUT2D eigenvalue weighted by atomic mass is 10.0. The predicted octanol–water partition coefficient (Wildman–Crippen LogP) is 1.45. The van der Waals surface area contributed by atoms with E-state index in [4.69, 9.17) is 0 Å². The summed E-state index contributed by atoms with van der Waals surface area (Å²) in [6.07, 6.45) is 2.19. The molecule has 1 aromatic rings. The van der Waals surface area contributed by atoms with Gasteiger partial charge in [0, 0.05) is 31.3 Å². The molecule has 1 aromatic heterocycles. The van der Waals surface area contributed by atoms with Gasteiger partial charge in [-0.3, -0.25) is 4.79 Å². The van der Waals surface area contributed by atoms with Gasteiger partial charge >= 0.3 is 0 Å². The normalized spacial score (nSPS) is 15.7. The molecule has 1 saturated heterocycles. The van der Waals surface area contributed by atoms with Gasteiger partial charge in [0.1, 0.15) is 12.1 Å². The van der Waals surface area contributed by atoms with E-state index in [1.54, 1.807) is 6.33 Å². The Balaban J connectivity index is 1.78. The predicted molar refractivity (Wildman–Crippen MR) is 70.2 cm³/mol.